The molecule has 114 valence electrons. The van der Waals surface area contributed by atoms with Crippen LogP contribution in [0.2, 0.25) is 0 Å². The molecule has 2 rings (SSSR count). The first-order valence-electron chi connectivity index (χ1n) is 7.28. The average molecular weight is 300 g/mol. The number of sulfonamides is 1. The van der Waals surface area contributed by atoms with Crippen molar-refractivity contribution in [2.75, 3.05) is 32.7 Å². The molecule has 0 amide bonds. The zero-order valence-corrected chi connectivity index (χ0v) is 13.1. The highest BCUT2D eigenvalue weighted by Crippen LogP contribution is 2.23. The van der Waals surface area contributed by atoms with Gasteiger partial charge in [-0.3, -0.25) is 0 Å². The lowest BCUT2D eigenvalue weighted by Gasteiger charge is -2.33. The number of aromatic nitrogens is 2. The van der Waals surface area contributed by atoms with Crippen LogP contribution in [0.3, 0.4) is 0 Å². The Morgan fingerprint density at radius 3 is 2.50 bits per heavy atom. The van der Waals surface area contributed by atoms with E-state index in [0.717, 1.165) is 32.5 Å². The molecule has 0 aromatic carbocycles. The SMILES string of the molecule is CCN(CC)CC1CCN(S(=O)(=O)c2cnc[nH]2)CC1. The topological polar surface area (TPSA) is 69.3 Å². The molecule has 1 aromatic heterocycles. The lowest BCUT2D eigenvalue weighted by Crippen LogP contribution is -2.41. The molecule has 1 aliphatic rings. The largest absolute Gasteiger partial charge is 0.335 e. The van der Waals surface area contributed by atoms with E-state index in [1.54, 1.807) is 4.31 Å². The molecule has 6 nitrogen and oxygen atoms in total. The van der Waals surface area contributed by atoms with Crippen LogP contribution in [0.1, 0.15) is 26.7 Å². The van der Waals surface area contributed by atoms with Gasteiger partial charge in [0.05, 0.1) is 12.5 Å². The normalized spacial score (nSPS) is 18.8. The number of piperidine rings is 1. The zero-order chi connectivity index (χ0) is 14.6. The molecule has 1 saturated heterocycles. The summed E-state index contributed by atoms with van der Waals surface area (Å²) in [5.74, 6) is 0.600. The van der Waals surface area contributed by atoms with Crippen LogP contribution in [0.15, 0.2) is 17.6 Å². The van der Waals surface area contributed by atoms with Gasteiger partial charge in [0.1, 0.15) is 0 Å². The Morgan fingerprint density at radius 1 is 1.35 bits per heavy atom. The number of H-pyrrole nitrogens is 1. The van der Waals surface area contributed by atoms with Crippen LogP contribution < -0.4 is 0 Å². The molecule has 0 bridgehead atoms. The van der Waals surface area contributed by atoms with E-state index in [9.17, 15) is 8.42 Å². The van der Waals surface area contributed by atoms with Crippen molar-refractivity contribution in [3.05, 3.63) is 12.5 Å². The highest BCUT2D eigenvalue weighted by Gasteiger charge is 2.30. The summed E-state index contributed by atoms with van der Waals surface area (Å²) in [5, 5.41) is 0.194. The monoisotopic (exact) mass is 300 g/mol. The van der Waals surface area contributed by atoms with Gasteiger partial charge < -0.3 is 9.88 Å². The van der Waals surface area contributed by atoms with Gasteiger partial charge in [-0.2, -0.15) is 4.31 Å². The third-order valence-electron chi connectivity index (χ3n) is 4.08. The smallest absolute Gasteiger partial charge is 0.260 e. The standard InChI is InChI=1S/C13H24N4O2S/c1-3-16(4-2)10-12-5-7-17(8-6-12)20(18,19)13-9-14-11-15-13/h9,11-12H,3-8,10H2,1-2H3,(H,14,15). The quantitative estimate of drug-likeness (QED) is 0.856. The lowest BCUT2D eigenvalue weighted by atomic mass is 9.97. The number of imidazole rings is 1. The van der Waals surface area contributed by atoms with Crippen LogP contribution in [0.4, 0.5) is 0 Å². The van der Waals surface area contributed by atoms with E-state index in [-0.39, 0.29) is 5.03 Å². The van der Waals surface area contributed by atoms with E-state index in [0.29, 0.717) is 19.0 Å². The first kappa shape index (κ1) is 15.5. The second kappa shape index (κ2) is 6.69. The van der Waals surface area contributed by atoms with E-state index in [4.69, 9.17) is 0 Å². The summed E-state index contributed by atoms with van der Waals surface area (Å²) >= 11 is 0. The van der Waals surface area contributed by atoms with Crippen LogP contribution in [0.25, 0.3) is 0 Å². The lowest BCUT2D eigenvalue weighted by molar-refractivity contribution is 0.193. The third kappa shape index (κ3) is 3.39. The van der Waals surface area contributed by atoms with Crippen LogP contribution in [0.5, 0.6) is 0 Å². The summed E-state index contributed by atoms with van der Waals surface area (Å²) in [7, 11) is -3.38. The fourth-order valence-corrected chi connectivity index (χ4v) is 4.07. The third-order valence-corrected chi connectivity index (χ3v) is 5.90. The van der Waals surface area contributed by atoms with Gasteiger partial charge in [-0.25, -0.2) is 13.4 Å². The molecular weight excluding hydrogens is 276 g/mol. The number of rotatable bonds is 6. The summed E-state index contributed by atoms with van der Waals surface area (Å²) in [6, 6.07) is 0. The molecule has 20 heavy (non-hydrogen) atoms. The second-order valence-corrected chi connectivity index (χ2v) is 7.16. The highest BCUT2D eigenvalue weighted by atomic mass is 32.2. The number of nitrogens with zero attached hydrogens (tertiary/aromatic N) is 3. The minimum absolute atomic E-state index is 0.194. The van der Waals surface area contributed by atoms with Crippen molar-refractivity contribution in [3.63, 3.8) is 0 Å². The molecule has 1 aliphatic heterocycles. The van der Waals surface area contributed by atoms with E-state index in [1.807, 2.05) is 0 Å². The maximum atomic E-state index is 12.3. The van der Waals surface area contributed by atoms with E-state index in [2.05, 4.69) is 28.7 Å². The summed E-state index contributed by atoms with van der Waals surface area (Å²) in [5.41, 5.74) is 0. The van der Waals surface area contributed by atoms with E-state index >= 15 is 0 Å². The zero-order valence-electron chi connectivity index (χ0n) is 12.2. The Bertz CT molecular complexity index is 488. The Kier molecular flexibility index (Phi) is 5.17. The first-order valence-corrected chi connectivity index (χ1v) is 8.72. The van der Waals surface area contributed by atoms with Gasteiger partial charge in [-0.05, 0) is 31.8 Å². The molecule has 7 heteroatoms. The molecule has 0 aliphatic carbocycles. The summed E-state index contributed by atoms with van der Waals surface area (Å²) in [6.07, 6.45) is 4.64. The molecule has 0 atom stereocenters. The summed E-state index contributed by atoms with van der Waals surface area (Å²) in [4.78, 5) is 8.89. The van der Waals surface area contributed by atoms with Gasteiger partial charge in [0.15, 0.2) is 5.03 Å². The van der Waals surface area contributed by atoms with Crippen molar-refractivity contribution in [2.24, 2.45) is 5.92 Å². The molecule has 0 saturated carbocycles. The molecule has 0 unspecified atom stereocenters. The summed E-state index contributed by atoms with van der Waals surface area (Å²) in [6.45, 7) is 8.74. The molecule has 0 radical (unpaired) electrons. The van der Waals surface area contributed by atoms with Gasteiger partial charge in [0, 0.05) is 19.6 Å². The molecule has 2 heterocycles. The van der Waals surface area contributed by atoms with E-state index in [1.165, 1.54) is 12.5 Å². The van der Waals surface area contributed by atoms with Crippen LogP contribution >= 0.6 is 0 Å². The van der Waals surface area contributed by atoms with Gasteiger partial charge in [-0.1, -0.05) is 13.8 Å². The maximum absolute atomic E-state index is 12.3. The van der Waals surface area contributed by atoms with Crippen molar-refractivity contribution in [1.29, 1.82) is 0 Å². The number of aromatic amines is 1. The van der Waals surface area contributed by atoms with E-state index < -0.39 is 10.0 Å². The van der Waals surface area contributed by atoms with Crippen molar-refractivity contribution in [2.45, 2.75) is 31.7 Å². The van der Waals surface area contributed by atoms with Crippen molar-refractivity contribution in [3.8, 4) is 0 Å². The molecule has 1 fully saturated rings. The second-order valence-electron chi connectivity index (χ2n) is 5.25. The fourth-order valence-electron chi connectivity index (χ4n) is 2.70. The Balaban J connectivity index is 1.91. The van der Waals surface area contributed by atoms with Crippen molar-refractivity contribution >= 4 is 10.0 Å². The van der Waals surface area contributed by atoms with Gasteiger partial charge >= 0.3 is 0 Å². The van der Waals surface area contributed by atoms with Gasteiger partial charge in [-0.15, -0.1) is 0 Å². The number of hydrogen-bond acceptors (Lipinski definition) is 4. The first-order chi connectivity index (χ1) is 9.57. The number of nitrogens with one attached hydrogen (secondary N) is 1. The van der Waals surface area contributed by atoms with Crippen LogP contribution in [-0.2, 0) is 10.0 Å². The highest BCUT2D eigenvalue weighted by molar-refractivity contribution is 7.89. The van der Waals surface area contributed by atoms with Crippen molar-refractivity contribution in [1.82, 2.24) is 19.2 Å². The van der Waals surface area contributed by atoms with Crippen LogP contribution in [-0.4, -0.2) is 60.3 Å². The van der Waals surface area contributed by atoms with Gasteiger partial charge in [0.2, 0.25) is 0 Å². The average Bonchev–Trinajstić information content (AvgIpc) is 3.00. The Labute approximate surface area is 121 Å². The minimum Gasteiger partial charge on any atom is -0.335 e. The molecule has 0 spiro atoms. The maximum Gasteiger partial charge on any atom is 0.260 e. The minimum atomic E-state index is -3.38. The molecular formula is C13H24N4O2S. The molecule has 1 N–H and O–H groups in total. The predicted octanol–water partition coefficient (Wildman–Crippen LogP) is 1.15. The predicted molar refractivity (Wildman–Crippen MR) is 77.9 cm³/mol. The fraction of sp³-hybridized carbons (Fsp3) is 0.769. The number of hydrogen-bond donors (Lipinski definition) is 1. The molecule has 1 aromatic rings. The summed E-state index contributed by atoms with van der Waals surface area (Å²) < 4.78 is 26.2. The van der Waals surface area contributed by atoms with Crippen LogP contribution in [0, 0.1) is 5.92 Å². The Hall–Kier alpha value is -0.920. The van der Waals surface area contributed by atoms with Gasteiger partial charge in [0.25, 0.3) is 10.0 Å². The Morgan fingerprint density at radius 2 is 2.00 bits per heavy atom. The van der Waals surface area contributed by atoms with Crippen molar-refractivity contribution < 1.29 is 8.42 Å².